The van der Waals surface area contributed by atoms with Crippen LogP contribution in [0, 0.1) is 6.92 Å². The molecule has 0 saturated heterocycles. The van der Waals surface area contributed by atoms with E-state index >= 15 is 0 Å². The van der Waals surface area contributed by atoms with Crippen molar-refractivity contribution in [3.05, 3.63) is 58.6 Å². The first-order valence-corrected chi connectivity index (χ1v) is 7.16. The predicted molar refractivity (Wildman–Crippen MR) is 84.9 cm³/mol. The van der Waals surface area contributed by atoms with Gasteiger partial charge in [-0.25, -0.2) is 4.79 Å². The molecule has 0 aliphatic rings. The predicted octanol–water partition coefficient (Wildman–Crippen LogP) is 3.73. The Balaban J connectivity index is 2.19. The van der Waals surface area contributed by atoms with Gasteiger partial charge in [0, 0.05) is 17.5 Å². The highest BCUT2D eigenvalue weighted by atomic mass is 35.5. The molecule has 1 atom stereocenters. The van der Waals surface area contributed by atoms with Gasteiger partial charge >= 0.3 is 5.97 Å². The second-order valence-electron chi connectivity index (χ2n) is 4.90. The fourth-order valence-corrected chi connectivity index (χ4v) is 2.27. The summed E-state index contributed by atoms with van der Waals surface area (Å²) >= 11 is 5.97. The summed E-state index contributed by atoms with van der Waals surface area (Å²) in [4.78, 5) is 11.5. The third-order valence-corrected chi connectivity index (χ3v) is 3.55. The Bertz CT molecular complexity index is 669. The lowest BCUT2D eigenvalue weighted by Crippen LogP contribution is -2.29. The van der Waals surface area contributed by atoms with Crippen molar-refractivity contribution in [2.45, 2.75) is 19.4 Å². The summed E-state index contributed by atoms with van der Waals surface area (Å²) in [6.45, 7) is 1.91. The summed E-state index contributed by atoms with van der Waals surface area (Å²) < 4.78 is 10.7. The van der Waals surface area contributed by atoms with Crippen molar-refractivity contribution in [3.8, 4) is 11.5 Å². The van der Waals surface area contributed by atoms with Crippen molar-refractivity contribution < 1.29 is 19.4 Å². The van der Waals surface area contributed by atoms with Gasteiger partial charge < -0.3 is 14.6 Å². The molecule has 22 heavy (non-hydrogen) atoms. The van der Waals surface area contributed by atoms with E-state index in [1.165, 1.54) is 0 Å². The highest BCUT2D eigenvalue weighted by Crippen LogP contribution is 2.22. The van der Waals surface area contributed by atoms with Crippen LogP contribution in [0.25, 0.3) is 0 Å². The van der Waals surface area contributed by atoms with E-state index in [0.29, 0.717) is 16.5 Å². The molecule has 5 heteroatoms. The molecule has 0 aliphatic heterocycles. The summed E-state index contributed by atoms with van der Waals surface area (Å²) in [5, 5.41) is 9.97. The number of aryl methyl sites for hydroxylation is 1. The van der Waals surface area contributed by atoms with E-state index in [0.717, 1.165) is 11.1 Å². The summed E-state index contributed by atoms with van der Waals surface area (Å²) in [5.74, 6) is 0.0363. The van der Waals surface area contributed by atoms with Crippen molar-refractivity contribution in [3.63, 3.8) is 0 Å². The minimum atomic E-state index is -1.03. The second kappa shape index (κ2) is 7.18. The molecule has 0 aliphatic carbocycles. The van der Waals surface area contributed by atoms with Crippen molar-refractivity contribution in [1.82, 2.24) is 0 Å². The number of hydrogen-bond donors (Lipinski definition) is 1. The third kappa shape index (κ3) is 4.15. The molecule has 116 valence electrons. The summed E-state index contributed by atoms with van der Waals surface area (Å²) in [5.41, 5.74) is 1.83. The van der Waals surface area contributed by atoms with Gasteiger partial charge in [0.25, 0.3) is 0 Å². The third-order valence-electron chi connectivity index (χ3n) is 3.31. The Labute approximate surface area is 134 Å². The number of halogens is 1. The van der Waals surface area contributed by atoms with Gasteiger partial charge in [0.05, 0.1) is 7.11 Å². The Morgan fingerprint density at radius 1 is 1.23 bits per heavy atom. The molecule has 0 fully saturated rings. The molecular formula is C17H17ClO4. The minimum Gasteiger partial charge on any atom is -0.497 e. The molecule has 0 amide bonds. The molecular weight excluding hydrogens is 304 g/mol. The fraction of sp³-hybridized carbons (Fsp3) is 0.235. The Kier molecular flexibility index (Phi) is 5.28. The number of carbonyl (C=O) groups is 1. The number of ether oxygens (including phenoxy) is 2. The lowest BCUT2D eigenvalue weighted by atomic mass is 10.0. The van der Waals surface area contributed by atoms with Crippen molar-refractivity contribution in [2.24, 2.45) is 0 Å². The van der Waals surface area contributed by atoms with Crippen LogP contribution in [0.1, 0.15) is 11.1 Å². The number of aliphatic carboxylic acids is 1. The van der Waals surface area contributed by atoms with Gasteiger partial charge in [-0.2, -0.15) is 0 Å². The van der Waals surface area contributed by atoms with E-state index in [1.54, 1.807) is 43.5 Å². The molecule has 1 N–H and O–H groups in total. The number of methoxy groups -OCH3 is 1. The summed E-state index contributed by atoms with van der Waals surface area (Å²) in [7, 11) is 1.54. The van der Waals surface area contributed by atoms with Crippen molar-refractivity contribution in [1.29, 1.82) is 0 Å². The normalized spacial score (nSPS) is 11.8. The molecule has 0 bridgehead atoms. The SMILES string of the molecule is COc1cccc(O[C@@H](Cc2cc(Cl)ccc2C)C(=O)O)c1. The quantitative estimate of drug-likeness (QED) is 0.881. The zero-order valence-electron chi connectivity index (χ0n) is 12.4. The molecule has 2 aromatic carbocycles. The van der Waals surface area contributed by atoms with E-state index < -0.39 is 12.1 Å². The average molecular weight is 321 g/mol. The molecule has 0 heterocycles. The maximum absolute atomic E-state index is 11.5. The van der Waals surface area contributed by atoms with Gasteiger partial charge in [0.1, 0.15) is 11.5 Å². The Morgan fingerprint density at radius 2 is 1.95 bits per heavy atom. The first kappa shape index (κ1) is 16.2. The van der Waals surface area contributed by atoms with E-state index in [2.05, 4.69) is 0 Å². The summed E-state index contributed by atoms with van der Waals surface area (Å²) in [6, 6.07) is 12.3. The van der Waals surface area contributed by atoms with Crippen LogP contribution in [0.3, 0.4) is 0 Å². The van der Waals surface area contributed by atoms with Crippen LogP contribution in [0.4, 0.5) is 0 Å². The molecule has 0 saturated carbocycles. The highest BCUT2D eigenvalue weighted by molar-refractivity contribution is 6.30. The topological polar surface area (TPSA) is 55.8 Å². The smallest absolute Gasteiger partial charge is 0.345 e. The van der Waals surface area contributed by atoms with E-state index in [1.807, 2.05) is 13.0 Å². The molecule has 4 nitrogen and oxygen atoms in total. The fourth-order valence-electron chi connectivity index (χ4n) is 2.08. The van der Waals surface area contributed by atoms with Crippen LogP contribution >= 0.6 is 11.6 Å². The number of rotatable bonds is 6. The molecule has 0 radical (unpaired) electrons. The maximum atomic E-state index is 11.5. The second-order valence-corrected chi connectivity index (χ2v) is 5.34. The largest absolute Gasteiger partial charge is 0.497 e. The Hall–Kier alpha value is -2.20. The first-order chi connectivity index (χ1) is 10.5. The number of carboxylic acids is 1. The van der Waals surface area contributed by atoms with E-state index in [4.69, 9.17) is 21.1 Å². The number of hydrogen-bond acceptors (Lipinski definition) is 3. The lowest BCUT2D eigenvalue weighted by Gasteiger charge is -2.17. The number of benzene rings is 2. The molecule has 2 aromatic rings. The van der Waals surface area contributed by atoms with Crippen LogP contribution < -0.4 is 9.47 Å². The molecule has 2 rings (SSSR count). The van der Waals surface area contributed by atoms with Crippen molar-refractivity contribution in [2.75, 3.05) is 7.11 Å². The van der Waals surface area contributed by atoms with Crippen LogP contribution in [-0.2, 0) is 11.2 Å². The monoisotopic (exact) mass is 320 g/mol. The van der Waals surface area contributed by atoms with Gasteiger partial charge in [-0.15, -0.1) is 0 Å². The maximum Gasteiger partial charge on any atom is 0.345 e. The van der Waals surface area contributed by atoms with E-state index in [9.17, 15) is 9.90 Å². The molecule has 0 spiro atoms. The van der Waals surface area contributed by atoms with Crippen LogP contribution in [0.15, 0.2) is 42.5 Å². The Morgan fingerprint density at radius 3 is 2.64 bits per heavy atom. The average Bonchev–Trinajstić information content (AvgIpc) is 2.50. The number of carboxylic acid groups (broad SMARTS) is 1. The highest BCUT2D eigenvalue weighted by Gasteiger charge is 2.21. The minimum absolute atomic E-state index is 0.235. The lowest BCUT2D eigenvalue weighted by molar-refractivity contribution is -0.145. The van der Waals surface area contributed by atoms with Gasteiger partial charge in [0.15, 0.2) is 6.10 Å². The van der Waals surface area contributed by atoms with Gasteiger partial charge in [-0.05, 0) is 42.3 Å². The van der Waals surface area contributed by atoms with Crippen molar-refractivity contribution >= 4 is 17.6 Å². The van der Waals surface area contributed by atoms with E-state index in [-0.39, 0.29) is 6.42 Å². The van der Waals surface area contributed by atoms with Crippen LogP contribution in [0.2, 0.25) is 5.02 Å². The molecule has 0 unspecified atom stereocenters. The van der Waals surface area contributed by atoms with Crippen LogP contribution in [-0.4, -0.2) is 24.3 Å². The van der Waals surface area contributed by atoms with Gasteiger partial charge in [0.2, 0.25) is 0 Å². The van der Waals surface area contributed by atoms with Gasteiger partial charge in [-0.1, -0.05) is 23.7 Å². The standard InChI is InChI=1S/C17H17ClO4/c1-11-6-7-13(18)8-12(11)9-16(17(19)20)22-15-5-3-4-14(10-15)21-2/h3-8,10,16H,9H2,1-2H3,(H,19,20)/t16-/m0/s1. The van der Waals surface area contributed by atoms with Crippen LogP contribution in [0.5, 0.6) is 11.5 Å². The first-order valence-electron chi connectivity index (χ1n) is 6.78. The zero-order chi connectivity index (χ0) is 16.1. The van der Waals surface area contributed by atoms with Gasteiger partial charge in [-0.3, -0.25) is 0 Å². The zero-order valence-corrected chi connectivity index (χ0v) is 13.1. The molecule has 0 aromatic heterocycles. The summed E-state index contributed by atoms with van der Waals surface area (Å²) in [6.07, 6.45) is -0.761.